The molecule has 0 spiro atoms. The first kappa shape index (κ1) is 18.2. The molecule has 0 atom stereocenters. The van der Waals surface area contributed by atoms with Gasteiger partial charge in [0.25, 0.3) is 0 Å². The first-order chi connectivity index (χ1) is 14.7. The van der Waals surface area contributed by atoms with E-state index in [1.54, 1.807) is 0 Å². The molecule has 2 aliphatic rings. The van der Waals surface area contributed by atoms with Crippen LogP contribution in [0.25, 0.3) is 16.7 Å². The zero-order valence-electron chi connectivity index (χ0n) is 16.7. The number of rotatable bonds is 3. The molecule has 0 N–H and O–H groups in total. The Bertz CT molecular complexity index is 1200. The minimum absolute atomic E-state index is 0.320. The van der Waals surface area contributed by atoms with Gasteiger partial charge in [-0.25, -0.2) is 4.79 Å². The summed E-state index contributed by atoms with van der Waals surface area (Å²) >= 11 is 0. The van der Waals surface area contributed by atoms with Gasteiger partial charge in [0, 0.05) is 24.0 Å². The Balaban J connectivity index is 1.48. The lowest BCUT2D eigenvalue weighted by Crippen LogP contribution is -2.27. The van der Waals surface area contributed by atoms with Crippen LogP contribution in [0.1, 0.15) is 12.0 Å². The monoisotopic (exact) mass is 391 g/mol. The second-order valence-corrected chi connectivity index (χ2v) is 7.39. The summed E-state index contributed by atoms with van der Waals surface area (Å²) in [6.07, 6.45) is 6.87. The van der Waals surface area contributed by atoms with Gasteiger partial charge in [-0.1, -0.05) is 72.8 Å². The highest BCUT2D eigenvalue weighted by Gasteiger charge is 2.31. The van der Waals surface area contributed by atoms with Crippen molar-refractivity contribution >= 4 is 17.2 Å². The molecule has 0 saturated carbocycles. The maximum Gasteiger partial charge on any atom is 0.344 e. The highest BCUT2D eigenvalue weighted by Crippen LogP contribution is 2.42. The minimum atomic E-state index is -0.320. The molecule has 0 bridgehead atoms. The first-order valence-electron chi connectivity index (χ1n) is 10.0. The van der Waals surface area contributed by atoms with Gasteiger partial charge in [0.15, 0.2) is 0 Å². The summed E-state index contributed by atoms with van der Waals surface area (Å²) in [6, 6.07) is 25.8. The van der Waals surface area contributed by atoms with E-state index in [9.17, 15) is 4.79 Å². The van der Waals surface area contributed by atoms with Crippen molar-refractivity contribution in [2.45, 2.75) is 6.42 Å². The number of para-hydroxylation sites is 1. The Labute approximate surface area is 176 Å². The Morgan fingerprint density at radius 1 is 0.867 bits per heavy atom. The van der Waals surface area contributed by atoms with E-state index in [0.29, 0.717) is 17.7 Å². The van der Waals surface area contributed by atoms with Gasteiger partial charge in [0.2, 0.25) is 0 Å². The van der Waals surface area contributed by atoms with E-state index in [1.165, 1.54) is 0 Å². The number of hydrogen-bond acceptors (Lipinski definition) is 3. The zero-order valence-corrected chi connectivity index (χ0v) is 16.7. The predicted octanol–water partition coefficient (Wildman–Crippen LogP) is 6.01. The van der Waals surface area contributed by atoms with E-state index in [0.717, 1.165) is 33.6 Å². The fourth-order valence-electron chi connectivity index (χ4n) is 4.10. The third-order valence-electron chi connectivity index (χ3n) is 5.60. The number of likely N-dealkylation sites (N-methyl/N-ethyl adjacent to an activating group) is 1. The molecule has 0 saturated heterocycles. The van der Waals surface area contributed by atoms with Crippen molar-refractivity contribution < 1.29 is 9.53 Å². The number of nitrogens with zero attached hydrogens (tertiary/aromatic N) is 1. The number of benzene rings is 3. The number of allylic oxidation sites excluding steroid dienone is 4. The van der Waals surface area contributed by atoms with Crippen LogP contribution in [0.2, 0.25) is 0 Å². The fourth-order valence-corrected chi connectivity index (χ4v) is 4.10. The maximum atomic E-state index is 13.3. The third-order valence-corrected chi connectivity index (χ3v) is 5.60. The molecule has 0 aromatic heterocycles. The van der Waals surface area contributed by atoms with Crippen LogP contribution >= 0.6 is 0 Å². The molecule has 0 unspecified atom stereocenters. The molecule has 5 rings (SSSR count). The Morgan fingerprint density at radius 3 is 2.37 bits per heavy atom. The highest BCUT2D eigenvalue weighted by molar-refractivity contribution is 6.22. The van der Waals surface area contributed by atoms with Gasteiger partial charge in [0.05, 0.1) is 5.57 Å². The van der Waals surface area contributed by atoms with Crippen molar-refractivity contribution in [1.29, 1.82) is 0 Å². The predicted molar refractivity (Wildman–Crippen MR) is 121 cm³/mol. The van der Waals surface area contributed by atoms with Crippen molar-refractivity contribution in [3.63, 3.8) is 0 Å². The van der Waals surface area contributed by atoms with Crippen LogP contribution in [-0.2, 0) is 4.79 Å². The van der Waals surface area contributed by atoms with E-state index in [4.69, 9.17) is 4.74 Å². The molecule has 146 valence electrons. The van der Waals surface area contributed by atoms with Gasteiger partial charge in [0.1, 0.15) is 5.75 Å². The number of ether oxygens (including phenoxy) is 1. The van der Waals surface area contributed by atoms with Crippen LogP contribution in [0.3, 0.4) is 0 Å². The summed E-state index contributed by atoms with van der Waals surface area (Å²) in [7, 11) is 2.04. The fraction of sp³-hybridized carbons (Fsp3) is 0.0741. The summed E-state index contributed by atoms with van der Waals surface area (Å²) < 4.78 is 5.82. The molecular formula is C27H21NO2. The molecule has 0 amide bonds. The van der Waals surface area contributed by atoms with Crippen LogP contribution in [0.15, 0.2) is 108 Å². The quantitative estimate of drug-likeness (QED) is 0.405. The van der Waals surface area contributed by atoms with Gasteiger partial charge < -0.3 is 9.64 Å². The Hall–Kier alpha value is -3.85. The van der Waals surface area contributed by atoms with Crippen LogP contribution in [0, 0.1) is 0 Å². The average Bonchev–Trinajstić information content (AvgIpc) is 2.80. The molecule has 1 aliphatic heterocycles. The van der Waals surface area contributed by atoms with Crippen LogP contribution in [0.4, 0.5) is 5.69 Å². The lowest BCUT2D eigenvalue weighted by atomic mass is 9.87. The molecule has 0 radical (unpaired) electrons. The zero-order chi connectivity index (χ0) is 20.5. The summed E-state index contributed by atoms with van der Waals surface area (Å²) in [6.45, 7) is 0. The molecule has 1 aliphatic carbocycles. The number of esters is 1. The SMILES string of the molecule is CN1C2=CC=CCC2=C(C(=O)Oc2ccc(-c3ccccc3)cc2)c2ccccc21. The van der Waals surface area contributed by atoms with Crippen molar-refractivity contribution in [2.24, 2.45) is 0 Å². The Morgan fingerprint density at radius 2 is 1.57 bits per heavy atom. The number of hydrogen-bond donors (Lipinski definition) is 0. The van der Waals surface area contributed by atoms with Crippen molar-refractivity contribution in [3.8, 4) is 16.9 Å². The summed E-state index contributed by atoms with van der Waals surface area (Å²) in [5.41, 5.74) is 6.83. The first-order valence-corrected chi connectivity index (χ1v) is 10.0. The van der Waals surface area contributed by atoms with Crippen molar-refractivity contribution in [3.05, 3.63) is 114 Å². The number of carbonyl (C=O) groups excluding carboxylic acids is 1. The second-order valence-electron chi connectivity index (χ2n) is 7.39. The standard InChI is InChI=1S/C27H21NO2/c1-28-24-13-7-5-11-22(24)26(23-12-6-8-14-25(23)28)27(29)30-21-17-15-20(16-18-21)19-9-3-2-4-10-19/h2-11,13-18H,12H2,1H3. The van der Waals surface area contributed by atoms with Gasteiger partial charge in [-0.2, -0.15) is 0 Å². The van der Waals surface area contributed by atoms with E-state index in [-0.39, 0.29) is 5.97 Å². The van der Waals surface area contributed by atoms with Crippen molar-refractivity contribution in [2.75, 3.05) is 11.9 Å². The highest BCUT2D eigenvalue weighted by atomic mass is 16.5. The van der Waals surface area contributed by atoms with Gasteiger partial charge in [-0.15, -0.1) is 0 Å². The third kappa shape index (κ3) is 3.15. The van der Waals surface area contributed by atoms with Gasteiger partial charge >= 0.3 is 5.97 Å². The van der Waals surface area contributed by atoms with Crippen LogP contribution in [0.5, 0.6) is 5.75 Å². The smallest absolute Gasteiger partial charge is 0.344 e. The van der Waals surface area contributed by atoms with Crippen LogP contribution < -0.4 is 9.64 Å². The molecule has 3 heteroatoms. The molecule has 3 aromatic rings. The molecule has 3 nitrogen and oxygen atoms in total. The molecule has 30 heavy (non-hydrogen) atoms. The summed E-state index contributed by atoms with van der Waals surface area (Å²) in [5, 5.41) is 0. The van der Waals surface area contributed by atoms with E-state index in [1.807, 2.05) is 79.9 Å². The minimum Gasteiger partial charge on any atom is -0.423 e. The maximum absolute atomic E-state index is 13.3. The number of fused-ring (bicyclic) bond motifs is 2. The summed E-state index contributed by atoms with van der Waals surface area (Å²) in [5.74, 6) is 0.222. The van der Waals surface area contributed by atoms with E-state index < -0.39 is 0 Å². The molecule has 0 fully saturated rings. The summed E-state index contributed by atoms with van der Waals surface area (Å²) in [4.78, 5) is 15.4. The Kier molecular flexibility index (Phi) is 4.56. The number of anilines is 1. The van der Waals surface area contributed by atoms with Gasteiger partial charge in [-0.05, 0) is 47.4 Å². The van der Waals surface area contributed by atoms with E-state index in [2.05, 4.69) is 29.2 Å². The molecule has 3 aromatic carbocycles. The normalized spacial score (nSPS) is 14.7. The molecule has 1 heterocycles. The molecular weight excluding hydrogens is 370 g/mol. The number of carbonyl (C=O) groups is 1. The van der Waals surface area contributed by atoms with Gasteiger partial charge in [-0.3, -0.25) is 0 Å². The second kappa shape index (κ2) is 7.53. The lowest BCUT2D eigenvalue weighted by molar-refractivity contribution is -0.128. The van der Waals surface area contributed by atoms with E-state index >= 15 is 0 Å². The van der Waals surface area contributed by atoms with Crippen LogP contribution in [-0.4, -0.2) is 13.0 Å². The largest absolute Gasteiger partial charge is 0.423 e. The average molecular weight is 391 g/mol. The van der Waals surface area contributed by atoms with Crippen molar-refractivity contribution in [1.82, 2.24) is 0 Å². The topological polar surface area (TPSA) is 29.5 Å². The lowest BCUT2D eigenvalue weighted by Gasteiger charge is -2.34.